The van der Waals surface area contributed by atoms with Crippen LogP contribution in [0.15, 0.2) is 48.8 Å². The van der Waals surface area contributed by atoms with E-state index in [0.29, 0.717) is 18.9 Å². The zero-order valence-electron chi connectivity index (χ0n) is 11.4. The molecule has 3 nitrogen and oxygen atoms in total. The minimum absolute atomic E-state index is 0.128. The molecular formula is C17H18N2O. The van der Waals surface area contributed by atoms with E-state index in [4.69, 9.17) is 0 Å². The first-order valence-electron chi connectivity index (χ1n) is 7.06. The van der Waals surface area contributed by atoms with Crippen molar-refractivity contribution >= 4 is 5.91 Å². The highest BCUT2D eigenvalue weighted by atomic mass is 16.1. The Balaban J connectivity index is 1.55. The van der Waals surface area contributed by atoms with Gasteiger partial charge in [0.25, 0.3) is 0 Å². The van der Waals surface area contributed by atoms with E-state index in [1.165, 1.54) is 11.1 Å². The van der Waals surface area contributed by atoms with Crippen molar-refractivity contribution < 1.29 is 4.79 Å². The Kier molecular flexibility index (Phi) is 3.77. The molecule has 0 fully saturated rings. The van der Waals surface area contributed by atoms with Crippen LogP contribution in [0.4, 0.5) is 0 Å². The van der Waals surface area contributed by atoms with Crippen molar-refractivity contribution in [2.45, 2.75) is 31.7 Å². The van der Waals surface area contributed by atoms with Crippen molar-refractivity contribution in [3.63, 3.8) is 0 Å². The van der Waals surface area contributed by atoms with Gasteiger partial charge in [-0.05, 0) is 47.6 Å². The van der Waals surface area contributed by atoms with Crippen LogP contribution < -0.4 is 5.32 Å². The van der Waals surface area contributed by atoms with Crippen molar-refractivity contribution in [3.8, 4) is 0 Å². The number of aryl methyl sites for hydroxylation is 1. The van der Waals surface area contributed by atoms with E-state index >= 15 is 0 Å². The highest BCUT2D eigenvalue weighted by molar-refractivity contribution is 5.77. The van der Waals surface area contributed by atoms with Crippen LogP contribution >= 0.6 is 0 Å². The molecule has 1 atom stereocenters. The summed E-state index contributed by atoms with van der Waals surface area (Å²) in [6.07, 6.45) is 6.26. The fourth-order valence-corrected chi connectivity index (χ4v) is 2.85. The van der Waals surface area contributed by atoms with Gasteiger partial charge in [0, 0.05) is 25.4 Å². The predicted molar refractivity (Wildman–Crippen MR) is 78.2 cm³/mol. The van der Waals surface area contributed by atoms with Crippen LogP contribution in [-0.4, -0.2) is 10.9 Å². The second kappa shape index (κ2) is 5.87. The quantitative estimate of drug-likeness (QED) is 0.924. The molecule has 1 aromatic carbocycles. The van der Waals surface area contributed by atoms with Gasteiger partial charge in [0.1, 0.15) is 0 Å². The molecule has 20 heavy (non-hydrogen) atoms. The highest BCUT2D eigenvalue weighted by Gasteiger charge is 2.23. The van der Waals surface area contributed by atoms with Crippen LogP contribution in [0.5, 0.6) is 0 Å². The van der Waals surface area contributed by atoms with E-state index in [1.54, 1.807) is 12.4 Å². The normalized spacial score (nSPS) is 16.7. The Morgan fingerprint density at radius 2 is 2.00 bits per heavy atom. The van der Waals surface area contributed by atoms with E-state index < -0.39 is 0 Å². The molecule has 0 unspecified atom stereocenters. The number of rotatable bonds is 4. The fraction of sp³-hybridized carbons (Fsp3) is 0.294. The molecule has 0 saturated heterocycles. The molecule has 0 radical (unpaired) electrons. The summed E-state index contributed by atoms with van der Waals surface area (Å²) in [6.45, 7) is 0.579. The Morgan fingerprint density at radius 3 is 2.85 bits per heavy atom. The summed E-state index contributed by atoms with van der Waals surface area (Å²) in [7, 11) is 0. The summed E-state index contributed by atoms with van der Waals surface area (Å²) in [4.78, 5) is 16.0. The van der Waals surface area contributed by atoms with Gasteiger partial charge in [-0.15, -0.1) is 0 Å². The van der Waals surface area contributed by atoms with Gasteiger partial charge in [-0.3, -0.25) is 9.78 Å². The number of hydrogen-bond acceptors (Lipinski definition) is 2. The number of fused-ring (bicyclic) bond motifs is 1. The second-order valence-electron chi connectivity index (χ2n) is 5.27. The number of nitrogens with zero attached hydrogens (tertiary/aromatic N) is 1. The van der Waals surface area contributed by atoms with Crippen LogP contribution in [0, 0.1) is 0 Å². The first kappa shape index (κ1) is 12.9. The summed E-state index contributed by atoms with van der Waals surface area (Å²) in [5, 5.41) is 2.99. The molecule has 1 aliphatic carbocycles. The lowest BCUT2D eigenvalue weighted by Crippen LogP contribution is -2.24. The first-order chi connectivity index (χ1) is 9.83. The second-order valence-corrected chi connectivity index (χ2v) is 5.27. The average molecular weight is 266 g/mol. The monoisotopic (exact) mass is 266 g/mol. The molecule has 1 N–H and O–H groups in total. The molecule has 3 heteroatoms. The standard InChI is InChI=1S/C17H18N2O/c20-17(19-12-13-7-9-18-10-8-13)11-15-6-5-14-3-1-2-4-16(14)15/h1-4,7-10,15H,5-6,11-12H2,(H,19,20)/t15-/m0/s1. The lowest BCUT2D eigenvalue weighted by Gasteiger charge is -2.11. The number of carbonyl (C=O) groups excluding carboxylic acids is 1. The summed E-state index contributed by atoms with van der Waals surface area (Å²) < 4.78 is 0. The van der Waals surface area contributed by atoms with E-state index in [2.05, 4.69) is 34.6 Å². The van der Waals surface area contributed by atoms with Gasteiger partial charge in [0.05, 0.1) is 0 Å². The molecule has 1 aromatic heterocycles. The van der Waals surface area contributed by atoms with E-state index in [1.807, 2.05) is 12.1 Å². The van der Waals surface area contributed by atoms with E-state index in [9.17, 15) is 4.79 Å². The van der Waals surface area contributed by atoms with Crippen molar-refractivity contribution in [2.24, 2.45) is 0 Å². The van der Waals surface area contributed by atoms with Gasteiger partial charge in [0.15, 0.2) is 0 Å². The maximum Gasteiger partial charge on any atom is 0.220 e. The molecule has 1 amide bonds. The number of aromatic nitrogens is 1. The SMILES string of the molecule is O=C(C[C@@H]1CCc2ccccc21)NCc1ccncc1. The first-order valence-corrected chi connectivity index (χ1v) is 7.06. The molecule has 2 aromatic rings. The molecular weight excluding hydrogens is 248 g/mol. The number of benzene rings is 1. The smallest absolute Gasteiger partial charge is 0.220 e. The summed E-state index contributed by atoms with van der Waals surface area (Å²) >= 11 is 0. The Labute approximate surface area is 119 Å². The maximum absolute atomic E-state index is 12.1. The molecule has 0 aliphatic heterocycles. The van der Waals surface area contributed by atoms with Crippen LogP contribution in [-0.2, 0) is 17.8 Å². The third kappa shape index (κ3) is 2.87. The van der Waals surface area contributed by atoms with Crippen molar-refractivity contribution in [3.05, 3.63) is 65.5 Å². The predicted octanol–water partition coefficient (Wildman–Crippen LogP) is 2.82. The van der Waals surface area contributed by atoms with E-state index in [-0.39, 0.29) is 5.91 Å². The average Bonchev–Trinajstić information content (AvgIpc) is 2.90. The van der Waals surface area contributed by atoms with Gasteiger partial charge < -0.3 is 5.32 Å². The van der Waals surface area contributed by atoms with Crippen LogP contribution in [0.2, 0.25) is 0 Å². The van der Waals surface area contributed by atoms with E-state index in [0.717, 1.165) is 18.4 Å². The summed E-state index contributed by atoms with van der Waals surface area (Å²) in [5.74, 6) is 0.507. The largest absolute Gasteiger partial charge is 0.352 e. The van der Waals surface area contributed by atoms with Gasteiger partial charge >= 0.3 is 0 Å². The molecule has 0 spiro atoms. The van der Waals surface area contributed by atoms with Crippen LogP contribution in [0.1, 0.15) is 35.4 Å². The maximum atomic E-state index is 12.1. The van der Waals surface area contributed by atoms with Gasteiger partial charge in [-0.25, -0.2) is 0 Å². The molecule has 102 valence electrons. The fourth-order valence-electron chi connectivity index (χ4n) is 2.85. The lowest BCUT2D eigenvalue weighted by molar-refractivity contribution is -0.121. The zero-order valence-corrected chi connectivity index (χ0v) is 11.4. The van der Waals surface area contributed by atoms with Gasteiger partial charge in [-0.2, -0.15) is 0 Å². The van der Waals surface area contributed by atoms with Crippen LogP contribution in [0.25, 0.3) is 0 Å². The Bertz CT molecular complexity index is 595. The third-order valence-corrected chi connectivity index (χ3v) is 3.93. The summed E-state index contributed by atoms with van der Waals surface area (Å²) in [5.41, 5.74) is 3.84. The molecule has 3 rings (SSSR count). The lowest BCUT2D eigenvalue weighted by atomic mass is 9.97. The molecule has 1 heterocycles. The minimum Gasteiger partial charge on any atom is -0.352 e. The number of amides is 1. The van der Waals surface area contributed by atoms with Crippen molar-refractivity contribution in [2.75, 3.05) is 0 Å². The molecule has 1 aliphatic rings. The van der Waals surface area contributed by atoms with Crippen molar-refractivity contribution in [1.29, 1.82) is 0 Å². The number of nitrogens with one attached hydrogen (secondary N) is 1. The Morgan fingerprint density at radius 1 is 1.20 bits per heavy atom. The molecule has 0 saturated carbocycles. The number of pyridine rings is 1. The third-order valence-electron chi connectivity index (χ3n) is 3.93. The molecule has 0 bridgehead atoms. The minimum atomic E-state index is 0.128. The topological polar surface area (TPSA) is 42.0 Å². The number of carbonyl (C=O) groups is 1. The van der Waals surface area contributed by atoms with Gasteiger partial charge in [0.2, 0.25) is 5.91 Å². The van der Waals surface area contributed by atoms with Crippen molar-refractivity contribution in [1.82, 2.24) is 10.3 Å². The zero-order chi connectivity index (χ0) is 13.8. The van der Waals surface area contributed by atoms with Gasteiger partial charge in [-0.1, -0.05) is 24.3 Å². The number of hydrogen-bond donors (Lipinski definition) is 1. The Hall–Kier alpha value is -2.16. The highest BCUT2D eigenvalue weighted by Crippen LogP contribution is 2.34. The summed E-state index contributed by atoms with van der Waals surface area (Å²) in [6, 6.07) is 12.3. The van der Waals surface area contributed by atoms with Crippen LogP contribution in [0.3, 0.4) is 0 Å².